The van der Waals surface area contributed by atoms with Gasteiger partial charge in [-0.05, 0) is 30.5 Å². The van der Waals surface area contributed by atoms with Gasteiger partial charge in [-0.25, -0.2) is 0 Å². The molecule has 108 valence electrons. The third-order valence-corrected chi connectivity index (χ3v) is 4.19. The van der Waals surface area contributed by atoms with E-state index in [0.29, 0.717) is 28.8 Å². The number of ether oxygens (including phenoxy) is 1. The lowest BCUT2D eigenvalue weighted by atomic mass is 10.0. The zero-order valence-electron chi connectivity index (χ0n) is 11.1. The summed E-state index contributed by atoms with van der Waals surface area (Å²) in [5.74, 6) is 0.661. The highest BCUT2D eigenvalue weighted by Gasteiger charge is 2.14. The Labute approximate surface area is 132 Å². The fourth-order valence-electron chi connectivity index (χ4n) is 1.81. The molecule has 0 bridgehead atoms. The molecule has 1 unspecified atom stereocenters. The second-order valence-electron chi connectivity index (χ2n) is 4.50. The molecular formula is C14H16Cl2N2OS. The Morgan fingerprint density at radius 2 is 2.20 bits per heavy atom. The van der Waals surface area contributed by atoms with E-state index >= 15 is 0 Å². The molecule has 0 radical (unpaired) electrons. The van der Waals surface area contributed by atoms with Crippen molar-refractivity contribution in [3.8, 4) is 5.75 Å². The van der Waals surface area contributed by atoms with E-state index in [1.807, 2.05) is 6.07 Å². The Kier molecular flexibility index (Phi) is 5.66. The van der Waals surface area contributed by atoms with Gasteiger partial charge in [0.1, 0.15) is 12.4 Å². The summed E-state index contributed by atoms with van der Waals surface area (Å²) in [7, 11) is 0. The minimum Gasteiger partial charge on any atom is -0.486 e. The molecule has 1 heterocycles. The van der Waals surface area contributed by atoms with Gasteiger partial charge >= 0.3 is 0 Å². The molecule has 2 N–H and O–H groups in total. The largest absolute Gasteiger partial charge is 0.486 e. The standard InChI is InChI=1S/C14H16Cl2N2OS/c1-2-11(17)4-9-3-10(15)5-13(16)14(9)19-7-12-6-18-8-20-12/h3,5-6,8,11H,2,4,7,17H2,1H3. The van der Waals surface area contributed by atoms with Crippen LogP contribution in [0.15, 0.2) is 23.8 Å². The van der Waals surface area contributed by atoms with E-state index in [1.165, 1.54) is 0 Å². The third kappa shape index (κ3) is 4.09. The molecule has 0 saturated heterocycles. The van der Waals surface area contributed by atoms with E-state index in [-0.39, 0.29) is 6.04 Å². The lowest BCUT2D eigenvalue weighted by molar-refractivity contribution is 0.305. The molecule has 1 aromatic carbocycles. The van der Waals surface area contributed by atoms with E-state index in [2.05, 4.69) is 11.9 Å². The Morgan fingerprint density at radius 3 is 2.85 bits per heavy atom. The number of nitrogens with zero attached hydrogens (tertiary/aromatic N) is 1. The monoisotopic (exact) mass is 330 g/mol. The number of hydrogen-bond donors (Lipinski definition) is 1. The van der Waals surface area contributed by atoms with E-state index < -0.39 is 0 Å². The molecule has 2 rings (SSSR count). The summed E-state index contributed by atoms with van der Waals surface area (Å²) >= 11 is 13.8. The summed E-state index contributed by atoms with van der Waals surface area (Å²) in [6.45, 7) is 2.50. The van der Waals surface area contributed by atoms with Crippen molar-refractivity contribution < 1.29 is 4.74 Å². The fourth-order valence-corrected chi connectivity index (χ4v) is 2.91. The zero-order valence-corrected chi connectivity index (χ0v) is 13.4. The van der Waals surface area contributed by atoms with Crippen molar-refractivity contribution in [3.63, 3.8) is 0 Å². The smallest absolute Gasteiger partial charge is 0.141 e. The van der Waals surface area contributed by atoms with Crippen LogP contribution in [0.3, 0.4) is 0 Å². The molecule has 20 heavy (non-hydrogen) atoms. The first kappa shape index (κ1) is 15.6. The number of halogens is 2. The summed E-state index contributed by atoms with van der Waals surface area (Å²) < 4.78 is 5.84. The highest BCUT2D eigenvalue weighted by molar-refractivity contribution is 7.09. The molecule has 6 heteroatoms. The Hall–Kier alpha value is -0.810. The molecule has 2 aromatic rings. The first-order valence-electron chi connectivity index (χ1n) is 6.33. The maximum atomic E-state index is 6.24. The van der Waals surface area contributed by atoms with Crippen LogP contribution in [0.1, 0.15) is 23.8 Å². The van der Waals surface area contributed by atoms with Crippen LogP contribution in [0.5, 0.6) is 5.75 Å². The minimum absolute atomic E-state index is 0.0651. The van der Waals surface area contributed by atoms with Crippen LogP contribution in [0.2, 0.25) is 10.0 Å². The van der Waals surface area contributed by atoms with Crippen LogP contribution < -0.4 is 10.5 Å². The molecule has 1 atom stereocenters. The Bertz CT molecular complexity index is 561. The topological polar surface area (TPSA) is 48.1 Å². The molecule has 0 saturated carbocycles. The number of thiazole rings is 1. The lowest BCUT2D eigenvalue weighted by Crippen LogP contribution is -2.21. The number of hydrogen-bond acceptors (Lipinski definition) is 4. The van der Waals surface area contributed by atoms with E-state index in [9.17, 15) is 0 Å². The predicted molar refractivity (Wildman–Crippen MR) is 84.9 cm³/mol. The van der Waals surface area contributed by atoms with Gasteiger partial charge in [-0.3, -0.25) is 4.98 Å². The zero-order chi connectivity index (χ0) is 14.5. The van der Waals surface area contributed by atoms with Crippen molar-refractivity contribution in [2.24, 2.45) is 5.73 Å². The van der Waals surface area contributed by atoms with Gasteiger partial charge in [-0.1, -0.05) is 30.1 Å². The minimum atomic E-state index is 0.0651. The van der Waals surface area contributed by atoms with Gasteiger partial charge in [-0.15, -0.1) is 11.3 Å². The fraction of sp³-hybridized carbons (Fsp3) is 0.357. The maximum absolute atomic E-state index is 6.24. The Morgan fingerprint density at radius 1 is 1.40 bits per heavy atom. The Balaban J connectivity index is 2.20. The molecule has 0 aliphatic rings. The highest BCUT2D eigenvalue weighted by Crippen LogP contribution is 2.34. The van der Waals surface area contributed by atoms with Crippen LogP contribution in [0.25, 0.3) is 0 Å². The first-order valence-corrected chi connectivity index (χ1v) is 7.97. The van der Waals surface area contributed by atoms with Crippen molar-refractivity contribution in [1.29, 1.82) is 0 Å². The summed E-state index contributed by atoms with van der Waals surface area (Å²) in [5.41, 5.74) is 8.73. The van der Waals surface area contributed by atoms with E-state index in [4.69, 9.17) is 33.7 Å². The van der Waals surface area contributed by atoms with Crippen molar-refractivity contribution in [2.45, 2.75) is 32.4 Å². The SMILES string of the molecule is CCC(N)Cc1cc(Cl)cc(Cl)c1OCc1cncs1. The molecule has 3 nitrogen and oxygen atoms in total. The first-order chi connectivity index (χ1) is 9.60. The number of aromatic nitrogens is 1. The maximum Gasteiger partial charge on any atom is 0.141 e. The van der Waals surface area contributed by atoms with Crippen LogP contribution in [0, 0.1) is 0 Å². The van der Waals surface area contributed by atoms with Crippen LogP contribution >= 0.6 is 34.5 Å². The molecule has 0 aliphatic carbocycles. The van der Waals surface area contributed by atoms with E-state index in [1.54, 1.807) is 29.1 Å². The van der Waals surface area contributed by atoms with Crippen molar-refractivity contribution >= 4 is 34.5 Å². The quantitative estimate of drug-likeness (QED) is 0.858. The van der Waals surface area contributed by atoms with Crippen LogP contribution in [-0.2, 0) is 13.0 Å². The molecular weight excluding hydrogens is 315 g/mol. The normalized spacial score (nSPS) is 12.4. The highest BCUT2D eigenvalue weighted by atomic mass is 35.5. The average Bonchev–Trinajstić information content (AvgIpc) is 2.90. The van der Waals surface area contributed by atoms with Crippen LogP contribution in [-0.4, -0.2) is 11.0 Å². The summed E-state index contributed by atoms with van der Waals surface area (Å²) in [4.78, 5) is 5.06. The second kappa shape index (κ2) is 7.27. The molecule has 1 aromatic heterocycles. The van der Waals surface area contributed by atoms with Gasteiger partial charge < -0.3 is 10.5 Å². The van der Waals surface area contributed by atoms with Gasteiger partial charge in [0.15, 0.2) is 0 Å². The molecule has 0 fully saturated rings. The second-order valence-corrected chi connectivity index (χ2v) is 6.32. The average molecular weight is 331 g/mol. The van der Waals surface area contributed by atoms with Gasteiger partial charge in [-0.2, -0.15) is 0 Å². The van der Waals surface area contributed by atoms with E-state index in [0.717, 1.165) is 16.9 Å². The summed E-state index contributed by atoms with van der Waals surface area (Å²) in [5, 5.41) is 1.11. The third-order valence-electron chi connectivity index (χ3n) is 2.93. The van der Waals surface area contributed by atoms with Crippen molar-refractivity contribution in [1.82, 2.24) is 4.98 Å². The van der Waals surface area contributed by atoms with Gasteiger partial charge in [0.2, 0.25) is 0 Å². The molecule has 0 amide bonds. The van der Waals surface area contributed by atoms with Crippen molar-refractivity contribution in [2.75, 3.05) is 0 Å². The van der Waals surface area contributed by atoms with Crippen LogP contribution in [0.4, 0.5) is 0 Å². The van der Waals surface area contributed by atoms with Gasteiger partial charge in [0.05, 0.1) is 15.4 Å². The number of rotatable bonds is 6. The summed E-state index contributed by atoms with van der Waals surface area (Å²) in [6.07, 6.45) is 3.36. The van der Waals surface area contributed by atoms with Crippen molar-refractivity contribution in [3.05, 3.63) is 44.3 Å². The predicted octanol–water partition coefficient (Wildman–Crippen LogP) is 4.31. The lowest BCUT2D eigenvalue weighted by Gasteiger charge is -2.16. The number of benzene rings is 1. The number of nitrogens with two attached hydrogens (primary N) is 1. The molecule has 0 spiro atoms. The van der Waals surface area contributed by atoms with Gasteiger partial charge in [0, 0.05) is 17.3 Å². The van der Waals surface area contributed by atoms with Gasteiger partial charge in [0.25, 0.3) is 0 Å². The molecule has 0 aliphatic heterocycles. The summed E-state index contributed by atoms with van der Waals surface area (Å²) in [6, 6.07) is 3.62.